The Balaban J connectivity index is 2.56. The summed E-state index contributed by atoms with van der Waals surface area (Å²) < 4.78 is 0. The monoisotopic (exact) mass is 270 g/mol. The summed E-state index contributed by atoms with van der Waals surface area (Å²) in [5, 5.41) is 11.8. The van der Waals surface area contributed by atoms with Crippen LogP contribution in [0.1, 0.15) is 40.5 Å². The van der Waals surface area contributed by atoms with Gasteiger partial charge in [-0.3, -0.25) is 0 Å². The highest BCUT2D eigenvalue weighted by Crippen LogP contribution is 2.23. The summed E-state index contributed by atoms with van der Waals surface area (Å²) in [6.07, 6.45) is 1.73. The predicted molar refractivity (Wildman–Crippen MR) is 73.9 cm³/mol. The van der Waals surface area contributed by atoms with E-state index in [-0.39, 0.29) is 11.9 Å². The van der Waals surface area contributed by atoms with Gasteiger partial charge in [-0.15, -0.1) is 0 Å². The second-order valence-electron chi connectivity index (χ2n) is 5.89. The van der Waals surface area contributed by atoms with E-state index in [0.717, 1.165) is 25.9 Å². The Labute approximate surface area is 115 Å². The van der Waals surface area contributed by atoms with Crippen molar-refractivity contribution in [1.29, 1.82) is 0 Å². The molecule has 3 atom stereocenters. The van der Waals surface area contributed by atoms with Crippen LogP contribution in [-0.2, 0) is 4.79 Å². The molecular formula is C14H26N2O3. The highest BCUT2D eigenvalue weighted by molar-refractivity contribution is 5.82. The van der Waals surface area contributed by atoms with Crippen LogP contribution in [0.15, 0.2) is 0 Å². The second kappa shape index (κ2) is 6.78. The van der Waals surface area contributed by atoms with Crippen LogP contribution in [-0.4, -0.2) is 41.1 Å². The number of carbonyl (C=O) groups is 2. The molecule has 0 aliphatic carbocycles. The third kappa shape index (κ3) is 4.11. The van der Waals surface area contributed by atoms with Crippen LogP contribution < -0.4 is 5.32 Å². The number of nitrogens with zero attached hydrogens (tertiary/aromatic N) is 1. The predicted octanol–water partition coefficient (Wildman–Crippen LogP) is 2.17. The van der Waals surface area contributed by atoms with E-state index in [1.54, 1.807) is 4.90 Å². The normalized spacial score (nSPS) is 22.4. The molecule has 19 heavy (non-hydrogen) atoms. The van der Waals surface area contributed by atoms with Crippen LogP contribution in [0.25, 0.3) is 0 Å². The molecule has 5 heteroatoms. The first-order chi connectivity index (χ1) is 8.86. The quantitative estimate of drug-likeness (QED) is 0.804. The zero-order chi connectivity index (χ0) is 14.6. The molecule has 0 spiro atoms. The Hall–Kier alpha value is -1.26. The van der Waals surface area contributed by atoms with E-state index in [9.17, 15) is 14.7 Å². The van der Waals surface area contributed by atoms with Gasteiger partial charge in [-0.2, -0.15) is 0 Å². The molecule has 3 unspecified atom stereocenters. The van der Waals surface area contributed by atoms with Gasteiger partial charge in [-0.1, -0.05) is 34.1 Å². The number of nitrogens with one attached hydrogen (secondary N) is 1. The van der Waals surface area contributed by atoms with Gasteiger partial charge in [0.05, 0.1) is 0 Å². The SMILES string of the molecule is CCC(C)C(NC(=O)N1CCC(C(C)C)C1)C(=O)O. The molecule has 0 aromatic carbocycles. The smallest absolute Gasteiger partial charge is 0.326 e. The van der Waals surface area contributed by atoms with Gasteiger partial charge in [0.25, 0.3) is 0 Å². The van der Waals surface area contributed by atoms with Crippen LogP contribution in [0.3, 0.4) is 0 Å². The minimum Gasteiger partial charge on any atom is -0.480 e. The molecule has 1 heterocycles. The lowest BCUT2D eigenvalue weighted by atomic mass is 9.95. The van der Waals surface area contributed by atoms with E-state index < -0.39 is 12.0 Å². The lowest BCUT2D eigenvalue weighted by molar-refractivity contribution is -0.140. The van der Waals surface area contributed by atoms with Crippen molar-refractivity contribution in [2.75, 3.05) is 13.1 Å². The Morgan fingerprint density at radius 2 is 2.00 bits per heavy atom. The van der Waals surface area contributed by atoms with Crippen molar-refractivity contribution in [3.8, 4) is 0 Å². The molecule has 0 aromatic heterocycles. The number of carbonyl (C=O) groups excluding carboxylic acids is 1. The number of likely N-dealkylation sites (tertiary alicyclic amines) is 1. The van der Waals surface area contributed by atoms with Gasteiger partial charge >= 0.3 is 12.0 Å². The zero-order valence-corrected chi connectivity index (χ0v) is 12.3. The molecule has 1 aliphatic heterocycles. The van der Waals surface area contributed by atoms with Gasteiger partial charge in [0.15, 0.2) is 0 Å². The number of rotatable bonds is 5. The first-order valence-corrected chi connectivity index (χ1v) is 7.15. The molecule has 0 saturated carbocycles. The second-order valence-corrected chi connectivity index (χ2v) is 5.89. The van der Waals surface area contributed by atoms with Gasteiger partial charge in [0, 0.05) is 13.1 Å². The fourth-order valence-corrected chi connectivity index (χ4v) is 2.42. The van der Waals surface area contributed by atoms with Crippen molar-refractivity contribution in [2.45, 2.75) is 46.6 Å². The minimum absolute atomic E-state index is 0.0649. The van der Waals surface area contributed by atoms with Crippen LogP contribution in [0.5, 0.6) is 0 Å². The van der Waals surface area contributed by atoms with Crippen LogP contribution in [0.4, 0.5) is 4.79 Å². The summed E-state index contributed by atoms with van der Waals surface area (Å²) in [6, 6.07) is -1.04. The zero-order valence-electron chi connectivity index (χ0n) is 12.3. The summed E-state index contributed by atoms with van der Waals surface area (Å²) in [7, 11) is 0. The van der Waals surface area contributed by atoms with E-state index in [4.69, 9.17) is 0 Å². The van der Waals surface area contributed by atoms with Crippen molar-refractivity contribution >= 4 is 12.0 Å². The van der Waals surface area contributed by atoms with Crippen molar-refractivity contribution in [2.24, 2.45) is 17.8 Å². The van der Waals surface area contributed by atoms with Crippen LogP contribution >= 0.6 is 0 Å². The first kappa shape index (κ1) is 15.8. The molecule has 0 aromatic rings. The van der Waals surface area contributed by atoms with Crippen LogP contribution in [0, 0.1) is 17.8 Å². The third-order valence-electron chi connectivity index (χ3n) is 4.21. The molecule has 1 fully saturated rings. The molecule has 1 saturated heterocycles. The number of hydrogen-bond acceptors (Lipinski definition) is 2. The van der Waals surface area contributed by atoms with E-state index in [1.807, 2.05) is 13.8 Å². The number of hydrogen-bond donors (Lipinski definition) is 2. The summed E-state index contributed by atoms with van der Waals surface area (Å²) in [4.78, 5) is 25.0. The van der Waals surface area contributed by atoms with Gasteiger partial charge in [-0.05, 0) is 24.2 Å². The molecule has 1 aliphatic rings. The van der Waals surface area contributed by atoms with Crippen molar-refractivity contribution < 1.29 is 14.7 Å². The molecule has 0 bridgehead atoms. The van der Waals surface area contributed by atoms with Gasteiger partial charge < -0.3 is 15.3 Å². The fraction of sp³-hybridized carbons (Fsp3) is 0.857. The van der Waals surface area contributed by atoms with Crippen molar-refractivity contribution in [3.63, 3.8) is 0 Å². The van der Waals surface area contributed by atoms with Crippen molar-refractivity contribution in [1.82, 2.24) is 10.2 Å². The molecule has 1 rings (SSSR count). The molecule has 2 amide bonds. The first-order valence-electron chi connectivity index (χ1n) is 7.15. The number of carboxylic acids is 1. The topological polar surface area (TPSA) is 69.6 Å². The third-order valence-corrected chi connectivity index (χ3v) is 4.21. The number of urea groups is 1. The Bertz CT molecular complexity index is 331. The summed E-state index contributed by atoms with van der Waals surface area (Å²) in [5.41, 5.74) is 0. The van der Waals surface area contributed by atoms with Gasteiger partial charge in [0.2, 0.25) is 0 Å². The maximum atomic E-state index is 12.1. The van der Waals surface area contributed by atoms with E-state index >= 15 is 0 Å². The minimum atomic E-state index is -0.956. The van der Waals surface area contributed by atoms with Gasteiger partial charge in [-0.25, -0.2) is 9.59 Å². The molecular weight excluding hydrogens is 244 g/mol. The molecule has 110 valence electrons. The number of amides is 2. The molecule has 0 radical (unpaired) electrons. The van der Waals surface area contributed by atoms with E-state index in [2.05, 4.69) is 19.2 Å². The summed E-state index contributed by atoms with van der Waals surface area (Å²) in [6.45, 7) is 9.55. The fourth-order valence-electron chi connectivity index (χ4n) is 2.42. The summed E-state index contributed by atoms with van der Waals surface area (Å²) >= 11 is 0. The standard InChI is InChI=1S/C14H26N2O3/c1-5-10(4)12(13(17)18)15-14(19)16-7-6-11(8-16)9(2)3/h9-12H,5-8H2,1-4H3,(H,15,19)(H,17,18). The number of aliphatic carboxylic acids is 1. The lowest BCUT2D eigenvalue weighted by Crippen LogP contribution is -2.50. The maximum Gasteiger partial charge on any atom is 0.326 e. The Morgan fingerprint density at radius 3 is 2.42 bits per heavy atom. The Kier molecular flexibility index (Phi) is 5.63. The average Bonchev–Trinajstić information content (AvgIpc) is 2.84. The molecule has 5 nitrogen and oxygen atoms in total. The Morgan fingerprint density at radius 1 is 1.37 bits per heavy atom. The van der Waals surface area contributed by atoms with E-state index in [0.29, 0.717) is 11.8 Å². The number of carboxylic acid groups (broad SMARTS) is 1. The average molecular weight is 270 g/mol. The van der Waals surface area contributed by atoms with Gasteiger partial charge in [0.1, 0.15) is 6.04 Å². The highest BCUT2D eigenvalue weighted by atomic mass is 16.4. The van der Waals surface area contributed by atoms with Crippen molar-refractivity contribution in [3.05, 3.63) is 0 Å². The molecule has 2 N–H and O–H groups in total. The highest BCUT2D eigenvalue weighted by Gasteiger charge is 2.31. The largest absolute Gasteiger partial charge is 0.480 e. The maximum absolute atomic E-state index is 12.1. The van der Waals surface area contributed by atoms with Crippen LogP contribution in [0.2, 0.25) is 0 Å². The van der Waals surface area contributed by atoms with E-state index in [1.165, 1.54) is 0 Å². The summed E-state index contributed by atoms with van der Waals surface area (Å²) in [5.74, 6) is 0.0625. The lowest BCUT2D eigenvalue weighted by Gasteiger charge is -2.24.